The van der Waals surface area contributed by atoms with Crippen LogP contribution in [0.25, 0.3) is 0 Å². The lowest BCUT2D eigenvalue weighted by atomic mass is 9.99. The molecular formula is C14H12N4O. The van der Waals surface area contributed by atoms with Crippen LogP contribution in [-0.2, 0) is 6.42 Å². The van der Waals surface area contributed by atoms with Gasteiger partial charge < -0.3 is 10.2 Å². The summed E-state index contributed by atoms with van der Waals surface area (Å²) in [6.07, 6.45) is 2.17. The van der Waals surface area contributed by atoms with Crippen molar-refractivity contribution < 1.29 is 4.79 Å². The highest BCUT2D eigenvalue weighted by atomic mass is 16.2. The third-order valence-corrected chi connectivity index (χ3v) is 3.02. The van der Waals surface area contributed by atoms with E-state index in [0.717, 1.165) is 17.7 Å². The Bertz CT molecular complexity index is 618. The number of nitrogens with zero attached hydrogens (tertiary/aromatic N) is 3. The van der Waals surface area contributed by atoms with E-state index in [-0.39, 0.29) is 11.5 Å². The summed E-state index contributed by atoms with van der Waals surface area (Å²) in [4.78, 5) is 13.6. The minimum atomic E-state index is 0.00790. The van der Waals surface area contributed by atoms with Crippen molar-refractivity contribution in [1.29, 1.82) is 10.5 Å². The van der Waals surface area contributed by atoms with E-state index >= 15 is 0 Å². The van der Waals surface area contributed by atoms with Crippen LogP contribution < -0.4 is 5.32 Å². The van der Waals surface area contributed by atoms with E-state index < -0.39 is 0 Å². The predicted molar refractivity (Wildman–Crippen MR) is 70.0 cm³/mol. The van der Waals surface area contributed by atoms with Crippen LogP contribution in [0.2, 0.25) is 0 Å². The van der Waals surface area contributed by atoms with E-state index in [2.05, 4.69) is 5.32 Å². The topological polar surface area (TPSA) is 79.9 Å². The number of rotatable bonds is 2. The van der Waals surface area contributed by atoms with Crippen LogP contribution >= 0.6 is 0 Å². The van der Waals surface area contributed by atoms with Crippen molar-refractivity contribution in [2.24, 2.45) is 0 Å². The molecule has 0 fully saturated rings. The Morgan fingerprint density at radius 2 is 2.16 bits per heavy atom. The van der Waals surface area contributed by atoms with E-state index in [0.29, 0.717) is 12.1 Å². The fourth-order valence-corrected chi connectivity index (χ4v) is 1.94. The predicted octanol–water partition coefficient (Wildman–Crippen LogP) is 1.66. The van der Waals surface area contributed by atoms with Gasteiger partial charge in [-0.05, 0) is 30.2 Å². The molecule has 0 bridgehead atoms. The highest BCUT2D eigenvalue weighted by Crippen LogP contribution is 2.22. The van der Waals surface area contributed by atoms with Gasteiger partial charge in [0.05, 0.1) is 0 Å². The molecule has 94 valence electrons. The number of fused-ring (bicyclic) bond motifs is 1. The minimum Gasteiger partial charge on any atom is -0.360 e. The molecule has 0 spiro atoms. The average molecular weight is 252 g/mol. The van der Waals surface area contributed by atoms with Gasteiger partial charge in [-0.25, -0.2) is 0 Å². The Hall–Kier alpha value is -2.79. The van der Waals surface area contributed by atoms with Gasteiger partial charge in [0, 0.05) is 31.0 Å². The summed E-state index contributed by atoms with van der Waals surface area (Å²) in [5.41, 5.74) is 2.47. The van der Waals surface area contributed by atoms with Gasteiger partial charge in [0.15, 0.2) is 0 Å². The molecule has 0 saturated heterocycles. The molecule has 1 amide bonds. The second-order valence-corrected chi connectivity index (χ2v) is 4.27. The molecule has 19 heavy (non-hydrogen) atoms. The molecule has 1 aromatic rings. The summed E-state index contributed by atoms with van der Waals surface area (Å²) >= 11 is 0. The first kappa shape index (κ1) is 12.7. The molecule has 1 N–H and O–H groups in total. The summed E-state index contributed by atoms with van der Waals surface area (Å²) in [5, 5.41) is 20.1. The van der Waals surface area contributed by atoms with Crippen molar-refractivity contribution >= 4 is 11.6 Å². The second kappa shape index (κ2) is 5.24. The molecule has 5 nitrogen and oxygen atoms in total. The molecule has 0 aromatic heterocycles. The summed E-state index contributed by atoms with van der Waals surface area (Å²) in [7, 11) is 1.78. The Morgan fingerprint density at radius 1 is 1.42 bits per heavy atom. The van der Waals surface area contributed by atoms with Crippen LogP contribution in [0.4, 0.5) is 5.69 Å². The SMILES string of the molecule is CN1CCc2cc(NC=C(C#N)C#N)ccc2C1=O. The minimum absolute atomic E-state index is 0.00790. The van der Waals surface area contributed by atoms with Crippen LogP contribution in [0, 0.1) is 22.7 Å². The molecule has 1 aromatic carbocycles. The Kier molecular flexibility index (Phi) is 3.49. The zero-order chi connectivity index (χ0) is 13.8. The van der Waals surface area contributed by atoms with Gasteiger partial charge in [-0.2, -0.15) is 10.5 Å². The van der Waals surface area contributed by atoms with Gasteiger partial charge in [-0.3, -0.25) is 4.79 Å². The zero-order valence-corrected chi connectivity index (χ0v) is 10.5. The number of nitrogens with one attached hydrogen (secondary N) is 1. The van der Waals surface area contributed by atoms with Gasteiger partial charge >= 0.3 is 0 Å². The standard InChI is InChI=1S/C14H12N4O/c1-18-5-4-11-6-12(2-3-13(11)14(18)19)17-9-10(7-15)8-16/h2-3,6,9,17H,4-5H2,1H3. The average Bonchev–Trinajstić information content (AvgIpc) is 2.44. The van der Waals surface area contributed by atoms with E-state index in [9.17, 15) is 4.79 Å². The highest BCUT2D eigenvalue weighted by Gasteiger charge is 2.21. The molecule has 0 atom stereocenters. The van der Waals surface area contributed by atoms with Gasteiger partial charge in [0.25, 0.3) is 5.91 Å². The zero-order valence-electron chi connectivity index (χ0n) is 10.5. The summed E-state index contributed by atoms with van der Waals surface area (Å²) in [6, 6.07) is 8.95. The van der Waals surface area contributed by atoms with Gasteiger partial charge in [-0.1, -0.05) is 0 Å². The van der Waals surface area contributed by atoms with Gasteiger partial charge in [0.1, 0.15) is 17.7 Å². The van der Waals surface area contributed by atoms with E-state index in [1.54, 1.807) is 36.2 Å². The number of hydrogen-bond acceptors (Lipinski definition) is 4. The quantitative estimate of drug-likeness (QED) is 0.812. The Balaban J connectivity index is 2.24. The summed E-state index contributed by atoms with van der Waals surface area (Å²) in [5.74, 6) is 0.0260. The normalized spacial score (nSPS) is 13.0. The summed E-state index contributed by atoms with van der Waals surface area (Å²) in [6.45, 7) is 0.701. The number of anilines is 1. The monoisotopic (exact) mass is 252 g/mol. The number of amides is 1. The van der Waals surface area contributed by atoms with Crippen LogP contribution in [0.15, 0.2) is 30.0 Å². The third kappa shape index (κ3) is 2.56. The van der Waals surface area contributed by atoms with Crippen LogP contribution in [0.3, 0.4) is 0 Å². The molecule has 0 unspecified atom stereocenters. The van der Waals surface area contributed by atoms with Crippen molar-refractivity contribution in [1.82, 2.24) is 4.90 Å². The Morgan fingerprint density at radius 3 is 2.84 bits per heavy atom. The van der Waals surface area contributed by atoms with Gasteiger partial charge in [0.2, 0.25) is 0 Å². The second-order valence-electron chi connectivity index (χ2n) is 4.27. The van der Waals surface area contributed by atoms with Crippen LogP contribution in [0.1, 0.15) is 15.9 Å². The van der Waals surface area contributed by atoms with Crippen LogP contribution in [-0.4, -0.2) is 24.4 Å². The van der Waals surface area contributed by atoms with Crippen molar-refractivity contribution in [3.63, 3.8) is 0 Å². The molecule has 0 radical (unpaired) electrons. The molecule has 1 aliphatic heterocycles. The first-order chi connectivity index (χ1) is 9.15. The number of benzene rings is 1. The number of nitriles is 2. The number of carbonyl (C=O) groups excluding carboxylic acids is 1. The maximum Gasteiger partial charge on any atom is 0.253 e. The maximum absolute atomic E-state index is 11.9. The lowest BCUT2D eigenvalue weighted by Crippen LogP contribution is -2.34. The van der Waals surface area contributed by atoms with E-state index in [1.165, 1.54) is 6.20 Å². The number of allylic oxidation sites excluding steroid dienone is 1. The first-order valence-corrected chi connectivity index (χ1v) is 5.81. The number of carbonyl (C=O) groups is 1. The van der Waals surface area contributed by atoms with Crippen molar-refractivity contribution in [2.45, 2.75) is 6.42 Å². The summed E-state index contributed by atoms with van der Waals surface area (Å²) < 4.78 is 0. The largest absolute Gasteiger partial charge is 0.360 e. The smallest absolute Gasteiger partial charge is 0.253 e. The highest BCUT2D eigenvalue weighted by molar-refractivity contribution is 5.97. The van der Waals surface area contributed by atoms with Crippen LogP contribution in [0.5, 0.6) is 0 Å². The number of likely N-dealkylation sites (N-methyl/N-ethyl adjacent to an activating group) is 1. The van der Waals surface area contributed by atoms with E-state index in [4.69, 9.17) is 10.5 Å². The van der Waals surface area contributed by atoms with E-state index in [1.807, 2.05) is 6.07 Å². The first-order valence-electron chi connectivity index (χ1n) is 5.81. The molecule has 1 heterocycles. The Labute approximate surface area is 111 Å². The fourth-order valence-electron chi connectivity index (χ4n) is 1.94. The lowest BCUT2D eigenvalue weighted by Gasteiger charge is -2.25. The number of hydrogen-bond donors (Lipinski definition) is 1. The third-order valence-electron chi connectivity index (χ3n) is 3.02. The lowest BCUT2D eigenvalue weighted by molar-refractivity contribution is 0.0781. The maximum atomic E-state index is 11.9. The molecular weight excluding hydrogens is 240 g/mol. The molecule has 1 aliphatic rings. The van der Waals surface area contributed by atoms with Crippen molar-refractivity contribution in [3.8, 4) is 12.1 Å². The molecule has 2 rings (SSSR count). The van der Waals surface area contributed by atoms with Crippen molar-refractivity contribution in [3.05, 3.63) is 41.1 Å². The molecule has 0 aliphatic carbocycles. The van der Waals surface area contributed by atoms with Crippen molar-refractivity contribution in [2.75, 3.05) is 18.9 Å². The fraction of sp³-hybridized carbons (Fsp3) is 0.214. The molecule has 5 heteroatoms. The molecule has 0 saturated carbocycles. The van der Waals surface area contributed by atoms with Gasteiger partial charge in [-0.15, -0.1) is 0 Å².